The summed E-state index contributed by atoms with van der Waals surface area (Å²) in [4.78, 5) is 25.1. The van der Waals surface area contributed by atoms with Crippen LogP contribution in [-0.4, -0.2) is 62.1 Å². The molecule has 2 aliphatic rings. The highest BCUT2D eigenvalue weighted by molar-refractivity contribution is 5.87. The molecule has 2 rings (SSSR count). The molecule has 1 saturated heterocycles. The van der Waals surface area contributed by atoms with Crippen LogP contribution in [0.5, 0.6) is 0 Å². The van der Waals surface area contributed by atoms with Gasteiger partial charge < -0.3 is 20.3 Å². The zero-order chi connectivity index (χ0) is 13.1. The second-order valence-electron chi connectivity index (χ2n) is 5.09. The molecule has 0 aromatic carbocycles. The van der Waals surface area contributed by atoms with Gasteiger partial charge in [0.1, 0.15) is 0 Å². The average molecular weight is 255 g/mol. The van der Waals surface area contributed by atoms with Gasteiger partial charge in [0, 0.05) is 26.7 Å². The van der Waals surface area contributed by atoms with Gasteiger partial charge in [0.15, 0.2) is 0 Å². The van der Waals surface area contributed by atoms with E-state index < -0.39 is 0 Å². The largest absolute Gasteiger partial charge is 0.380 e. The second kappa shape index (κ2) is 5.67. The summed E-state index contributed by atoms with van der Waals surface area (Å²) < 4.78 is 5.20. The molecule has 6 nitrogen and oxygen atoms in total. The molecule has 2 atom stereocenters. The number of amides is 2. The molecule has 18 heavy (non-hydrogen) atoms. The van der Waals surface area contributed by atoms with Gasteiger partial charge in [-0.3, -0.25) is 9.59 Å². The summed E-state index contributed by atoms with van der Waals surface area (Å²) in [5.41, 5.74) is 0. The molecule has 1 aliphatic heterocycles. The average Bonchev–Trinajstić information content (AvgIpc) is 3.02. The van der Waals surface area contributed by atoms with E-state index in [2.05, 4.69) is 10.6 Å². The van der Waals surface area contributed by atoms with E-state index in [4.69, 9.17) is 4.74 Å². The van der Waals surface area contributed by atoms with Crippen LogP contribution in [0.1, 0.15) is 19.3 Å². The van der Waals surface area contributed by atoms with Gasteiger partial charge in [-0.15, -0.1) is 0 Å². The van der Waals surface area contributed by atoms with E-state index in [-0.39, 0.29) is 30.5 Å². The van der Waals surface area contributed by atoms with Gasteiger partial charge in [-0.2, -0.15) is 0 Å². The molecular formula is C12H21N3O3. The molecule has 2 fully saturated rings. The number of carbonyl (C=O) groups is 2. The third-order valence-electron chi connectivity index (χ3n) is 3.42. The van der Waals surface area contributed by atoms with E-state index in [1.54, 1.807) is 14.2 Å². The minimum atomic E-state index is -0.228. The van der Waals surface area contributed by atoms with Gasteiger partial charge in [0.2, 0.25) is 11.8 Å². The standard InChI is InChI=1S/C12H21N3O3/c1-15(7-11(16)14-8-3-4-8)12(17)10-5-9(18-2)6-13-10/h8-10,13H,3-7H2,1-2H3,(H,14,16). The van der Waals surface area contributed by atoms with E-state index >= 15 is 0 Å². The van der Waals surface area contributed by atoms with E-state index in [0.717, 1.165) is 12.8 Å². The van der Waals surface area contributed by atoms with Crippen molar-refractivity contribution in [3.63, 3.8) is 0 Å². The number of likely N-dealkylation sites (N-methyl/N-ethyl adjacent to an activating group) is 1. The summed E-state index contributed by atoms with van der Waals surface area (Å²) >= 11 is 0. The van der Waals surface area contributed by atoms with Gasteiger partial charge in [-0.1, -0.05) is 0 Å². The summed E-state index contributed by atoms with van der Waals surface area (Å²) in [6, 6.07) is 0.108. The Morgan fingerprint density at radius 2 is 2.17 bits per heavy atom. The second-order valence-corrected chi connectivity index (χ2v) is 5.09. The zero-order valence-corrected chi connectivity index (χ0v) is 10.9. The van der Waals surface area contributed by atoms with Crippen molar-refractivity contribution in [2.75, 3.05) is 27.2 Å². The van der Waals surface area contributed by atoms with Gasteiger partial charge >= 0.3 is 0 Å². The van der Waals surface area contributed by atoms with E-state index in [1.165, 1.54) is 4.90 Å². The highest BCUT2D eigenvalue weighted by atomic mass is 16.5. The number of ether oxygens (including phenoxy) is 1. The van der Waals surface area contributed by atoms with Crippen LogP contribution in [-0.2, 0) is 14.3 Å². The molecule has 0 spiro atoms. The van der Waals surface area contributed by atoms with Crippen LogP contribution in [0.15, 0.2) is 0 Å². The predicted octanol–water partition coefficient (Wildman–Crippen LogP) is -0.900. The van der Waals surface area contributed by atoms with E-state index in [1.807, 2.05) is 0 Å². The number of methoxy groups -OCH3 is 1. The molecule has 2 unspecified atom stereocenters. The van der Waals surface area contributed by atoms with Gasteiger partial charge in [0.25, 0.3) is 0 Å². The fourth-order valence-electron chi connectivity index (χ4n) is 2.13. The Morgan fingerprint density at radius 1 is 1.44 bits per heavy atom. The summed E-state index contributed by atoms with van der Waals surface area (Å²) in [7, 11) is 3.31. The minimum Gasteiger partial charge on any atom is -0.380 e. The van der Waals surface area contributed by atoms with Crippen molar-refractivity contribution in [1.82, 2.24) is 15.5 Å². The van der Waals surface area contributed by atoms with Gasteiger partial charge in [-0.25, -0.2) is 0 Å². The Labute approximate surface area is 107 Å². The maximum atomic E-state index is 12.1. The number of rotatable bonds is 5. The Bertz CT molecular complexity index is 331. The molecule has 1 aliphatic carbocycles. The maximum absolute atomic E-state index is 12.1. The number of hydrogen-bond donors (Lipinski definition) is 2. The van der Waals surface area contributed by atoms with Crippen molar-refractivity contribution in [3.05, 3.63) is 0 Å². The molecule has 1 saturated carbocycles. The van der Waals surface area contributed by atoms with Crippen molar-refractivity contribution in [3.8, 4) is 0 Å². The normalized spacial score (nSPS) is 27.0. The first kappa shape index (κ1) is 13.3. The van der Waals surface area contributed by atoms with Crippen LogP contribution in [0, 0.1) is 0 Å². The first-order valence-electron chi connectivity index (χ1n) is 6.40. The van der Waals surface area contributed by atoms with Gasteiger partial charge in [0.05, 0.1) is 18.7 Å². The molecule has 0 radical (unpaired) electrons. The molecular weight excluding hydrogens is 234 g/mol. The zero-order valence-electron chi connectivity index (χ0n) is 10.9. The summed E-state index contributed by atoms with van der Waals surface area (Å²) in [6.07, 6.45) is 2.88. The first-order chi connectivity index (χ1) is 8.60. The van der Waals surface area contributed by atoms with Gasteiger partial charge in [-0.05, 0) is 19.3 Å². The molecule has 2 amide bonds. The number of carbonyl (C=O) groups excluding carboxylic acids is 2. The van der Waals surface area contributed by atoms with Crippen LogP contribution in [0.3, 0.4) is 0 Å². The Morgan fingerprint density at radius 3 is 2.72 bits per heavy atom. The van der Waals surface area contributed by atoms with Crippen LogP contribution >= 0.6 is 0 Å². The Balaban J connectivity index is 1.75. The lowest BCUT2D eigenvalue weighted by Gasteiger charge is -2.20. The summed E-state index contributed by atoms with van der Waals surface area (Å²) in [6.45, 7) is 0.820. The van der Waals surface area contributed by atoms with Crippen LogP contribution in [0.4, 0.5) is 0 Å². The topological polar surface area (TPSA) is 70.7 Å². The lowest BCUT2D eigenvalue weighted by Crippen LogP contribution is -2.46. The highest BCUT2D eigenvalue weighted by Gasteiger charge is 2.32. The monoisotopic (exact) mass is 255 g/mol. The highest BCUT2D eigenvalue weighted by Crippen LogP contribution is 2.18. The van der Waals surface area contributed by atoms with Crippen molar-refractivity contribution in [1.29, 1.82) is 0 Å². The lowest BCUT2D eigenvalue weighted by molar-refractivity contribution is -0.136. The van der Waals surface area contributed by atoms with E-state index in [9.17, 15) is 9.59 Å². The summed E-state index contributed by atoms with van der Waals surface area (Å²) in [5, 5.41) is 5.99. The Hall–Kier alpha value is -1.14. The predicted molar refractivity (Wildman–Crippen MR) is 66.0 cm³/mol. The Kier molecular flexibility index (Phi) is 4.19. The number of nitrogens with one attached hydrogen (secondary N) is 2. The minimum absolute atomic E-state index is 0.0412. The van der Waals surface area contributed by atoms with Crippen molar-refractivity contribution >= 4 is 11.8 Å². The SMILES string of the molecule is COC1CNC(C(=O)N(C)CC(=O)NC2CC2)C1. The maximum Gasteiger partial charge on any atom is 0.240 e. The fraction of sp³-hybridized carbons (Fsp3) is 0.833. The van der Waals surface area contributed by atoms with Crippen molar-refractivity contribution < 1.29 is 14.3 Å². The van der Waals surface area contributed by atoms with Crippen LogP contribution in [0.2, 0.25) is 0 Å². The van der Waals surface area contributed by atoms with Crippen LogP contribution < -0.4 is 10.6 Å². The summed E-state index contributed by atoms with van der Waals surface area (Å²) in [5.74, 6) is -0.116. The number of hydrogen-bond acceptors (Lipinski definition) is 4. The third kappa shape index (κ3) is 3.43. The van der Waals surface area contributed by atoms with Crippen molar-refractivity contribution in [2.24, 2.45) is 0 Å². The molecule has 0 bridgehead atoms. The molecule has 1 heterocycles. The fourth-order valence-corrected chi connectivity index (χ4v) is 2.13. The molecule has 0 aromatic heterocycles. The molecule has 102 valence electrons. The lowest BCUT2D eigenvalue weighted by atomic mass is 10.2. The third-order valence-corrected chi connectivity index (χ3v) is 3.42. The molecule has 6 heteroatoms. The first-order valence-corrected chi connectivity index (χ1v) is 6.40. The smallest absolute Gasteiger partial charge is 0.240 e. The quantitative estimate of drug-likeness (QED) is 0.668. The molecule has 2 N–H and O–H groups in total. The molecule has 0 aromatic rings. The van der Waals surface area contributed by atoms with Crippen molar-refractivity contribution in [2.45, 2.75) is 37.5 Å². The van der Waals surface area contributed by atoms with Crippen LogP contribution in [0.25, 0.3) is 0 Å². The number of nitrogens with zero attached hydrogens (tertiary/aromatic N) is 1. The van der Waals surface area contributed by atoms with E-state index in [0.29, 0.717) is 19.0 Å².